The van der Waals surface area contributed by atoms with Crippen molar-refractivity contribution in [1.82, 2.24) is 10.2 Å². The van der Waals surface area contributed by atoms with Gasteiger partial charge in [-0.3, -0.25) is 9.59 Å². The third kappa shape index (κ3) is 6.40. The van der Waals surface area contributed by atoms with E-state index in [4.69, 9.17) is 4.74 Å². The van der Waals surface area contributed by atoms with Crippen molar-refractivity contribution in [1.29, 1.82) is 0 Å². The van der Waals surface area contributed by atoms with Crippen molar-refractivity contribution in [3.63, 3.8) is 0 Å². The molecule has 0 heterocycles. The maximum absolute atomic E-state index is 12.9. The number of hydrogen-bond donors (Lipinski definition) is 1. The van der Waals surface area contributed by atoms with Crippen LogP contribution < -0.4 is 10.1 Å². The van der Waals surface area contributed by atoms with E-state index in [9.17, 15) is 14.0 Å². The highest BCUT2D eigenvalue weighted by atomic mass is 19.1. The first kappa shape index (κ1) is 20.4. The van der Waals surface area contributed by atoms with Gasteiger partial charge in [0.05, 0.1) is 6.54 Å². The molecule has 0 unspecified atom stereocenters. The number of benzene rings is 2. The molecule has 144 valence electrons. The summed E-state index contributed by atoms with van der Waals surface area (Å²) in [6, 6.07) is 11.7. The molecule has 6 heteroatoms. The Morgan fingerprint density at radius 3 is 2.48 bits per heavy atom. The first-order chi connectivity index (χ1) is 12.9. The number of hydrogen-bond acceptors (Lipinski definition) is 3. The minimum absolute atomic E-state index is 0.0489. The fourth-order valence-electron chi connectivity index (χ4n) is 2.50. The minimum atomic E-state index is -0.323. The predicted octanol–water partition coefficient (Wildman–Crippen LogP) is 2.99. The summed E-state index contributed by atoms with van der Waals surface area (Å²) in [7, 11) is 0. The average Bonchev–Trinajstić information content (AvgIpc) is 2.66. The highest BCUT2D eigenvalue weighted by Crippen LogP contribution is 2.19. The Hall–Kier alpha value is -2.89. The van der Waals surface area contributed by atoms with Crippen LogP contribution >= 0.6 is 0 Å². The SMILES string of the molecule is CCN(CC(=O)NCc1ccc(F)cc1)C(=O)COc1cc(C)ccc1C. The highest BCUT2D eigenvalue weighted by molar-refractivity contribution is 5.85. The molecule has 0 aromatic heterocycles. The van der Waals surface area contributed by atoms with E-state index < -0.39 is 0 Å². The van der Waals surface area contributed by atoms with Crippen LogP contribution in [-0.2, 0) is 16.1 Å². The summed E-state index contributed by atoms with van der Waals surface area (Å²) < 4.78 is 18.5. The Kier molecular flexibility index (Phi) is 7.34. The normalized spacial score (nSPS) is 10.4. The first-order valence-corrected chi connectivity index (χ1v) is 8.88. The lowest BCUT2D eigenvalue weighted by Crippen LogP contribution is -2.42. The van der Waals surface area contributed by atoms with Crippen molar-refractivity contribution in [3.8, 4) is 5.75 Å². The monoisotopic (exact) mass is 372 g/mol. The number of carbonyl (C=O) groups excluding carboxylic acids is 2. The molecular formula is C21H25FN2O3. The molecule has 0 spiro atoms. The van der Waals surface area contributed by atoms with Crippen LogP contribution in [-0.4, -0.2) is 36.4 Å². The smallest absolute Gasteiger partial charge is 0.260 e. The second kappa shape index (κ2) is 9.71. The molecule has 0 fully saturated rings. The quantitative estimate of drug-likeness (QED) is 0.775. The lowest BCUT2D eigenvalue weighted by molar-refractivity contribution is -0.137. The number of nitrogens with one attached hydrogen (secondary N) is 1. The van der Waals surface area contributed by atoms with Gasteiger partial charge in [0, 0.05) is 13.1 Å². The zero-order valence-corrected chi connectivity index (χ0v) is 15.9. The number of aryl methyl sites for hydroxylation is 2. The molecule has 0 bridgehead atoms. The zero-order valence-electron chi connectivity index (χ0n) is 15.9. The average molecular weight is 372 g/mol. The van der Waals surface area contributed by atoms with E-state index in [1.54, 1.807) is 12.1 Å². The van der Waals surface area contributed by atoms with Crippen LogP contribution in [0.2, 0.25) is 0 Å². The number of carbonyl (C=O) groups is 2. The van der Waals surface area contributed by atoms with Gasteiger partial charge in [0.1, 0.15) is 11.6 Å². The van der Waals surface area contributed by atoms with Crippen molar-refractivity contribution in [2.24, 2.45) is 0 Å². The van der Waals surface area contributed by atoms with E-state index in [0.717, 1.165) is 16.7 Å². The third-order valence-electron chi connectivity index (χ3n) is 4.17. The Morgan fingerprint density at radius 2 is 1.81 bits per heavy atom. The van der Waals surface area contributed by atoms with Gasteiger partial charge >= 0.3 is 0 Å². The number of ether oxygens (including phenoxy) is 1. The van der Waals surface area contributed by atoms with Crippen LogP contribution in [0.5, 0.6) is 5.75 Å². The standard InChI is InChI=1S/C21H25FN2O3/c1-4-24(13-20(25)23-12-17-7-9-18(22)10-8-17)21(26)14-27-19-11-15(2)5-6-16(19)3/h5-11H,4,12-14H2,1-3H3,(H,23,25). The van der Waals surface area contributed by atoms with Crippen LogP contribution in [0.25, 0.3) is 0 Å². The summed E-state index contributed by atoms with van der Waals surface area (Å²) in [5.41, 5.74) is 2.79. The zero-order chi connectivity index (χ0) is 19.8. The van der Waals surface area contributed by atoms with Crippen molar-refractivity contribution in [3.05, 3.63) is 65.0 Å². The van der Waals surface area contributed by atoms with Crippen LogP contribution in [0.1, 0.15) is 23.6 Å². The number of amides is 2. The largest absolute Gasteiger partial charge is 0.483 e. The molecule has 0 aliphatic rings. The summed E-state index contributed by atoms with van der Waals surface area (Å²) in [5.74, 6) is -0.187. The number of halogens is 1. The maximum atomic E-state index is 12.9. The summed E-state index contributed by atoms with van der Waals surface area (Å²) in [5, 5.41) is 2.73. The van der Waals surface area contributed by atoms with Crippen molar-refractivity contribution >= 4 is 11.8 Å². The molecule has 2 aromatic rings. The Morgan fingerprint density at radius 1 is 1.11 bits per heavy atom. The molecule has 27 heavy (non-hydrogen) atoms. The van der Waals surface area contributed by atoms with E-state index in [-0.39, 0.29) is 37.3 Å². The van der Waals surface area contributed by atoms with Gasteiger partial charge in [-0.25, -0.2) is 4.39 Å². The molecule has 2 aromatic carbocycles. The van der Waals surface area contributed by atoms with E-state index in [1.807, 2.05) is 39.0 Å². The van der Waals surface area contributed by atoms with Crippen LogP contribution in [0.4, 0.5) is 4.39 Å². The predicted molar refractivity (Wildman–Crippen MR) is 102 cm³/mol. The Balaban J connectivity index is 1.83. The molecular weight excluding hydrogens is 347 g/mol. The highest BCUT2D eigenvalue weighted by Gasteiger charge is 2.16. The van der Waals surface area contributed by atoms with Gasteiger partial charge in [-0.1, -0.05) is 24.3 Å². The maximum Gasteiger partial charge on any atom is 0.260 e. The molecule has 0 aliphatic heterocycles. The fourth-order valence-corrected chi connectivity index (χ4v) is 2.50. The Labute approximate surface area is 159 Å². The van der Waals surface area contributed by atoms with Gasteiger partial charge in [-0.05, 0) is 55.7 Å². The molecule has 2 rings (SSSR count). The molecule has 1 N–H and O–H groups in total. The summed E-state index contributed by atoms with van der Waals surface area (Å²) in [4.78, 5) is 25.9. The van der Waals surface area contributed by atoms with Crippen LogP contribution in [0.3, 0.4) is 0 Å². The van der Waals surface area contributed by atoms with E-state index >= 15 is 0 Å². The first-order valence-electron chi connectivity index (χ1n) is 8.88. The Bertz CT molecular complexity index is 791. The molecule has 0 aliphatic carbocycles. The molecule has 0 saturated heterocycles. The fraction of sp³-hybridized carbons (Fsp3) is 0.333. The van der Waals surface area contributed by atoms with Gasteiger partial charge in [0.15, 0.2) is 6.61 Å². The summed E-state index contributed by atoms with van der Waals surface area (Å²) >= 11 is 0. The molecule has 0 atom stereocenters. The minimum Gasteiger partial charge on any atom is -0.483 e. The second-order valence-corrected chi connectivity index (χ2v) is 6.37. The van der Waals surface area contributed by atoms with Crippen molar-refractivity contribution in [2.75, 3.05) is 19.7 Å². The van der Waals surface area contributed by atoms with Gasteiger partial charge in [-0.2, -0.15) is 0 Å². The summed E-state index contributed by atoms with van der Waals surface area (Å²) in [6.45, 7) is 6.19. The summed E-state index contributed by atoms with van der Waals surface area (Å²) in [6.07, 6.45) is 0. The third-order valence-corrected chi connectivity index (χ3v) is 4.17. The van der Waals surface area contributed by atoms with Gasteiger partial charge in [0.25, 0.3) is 5.91 Å². The van der Waals surface area contributed by atoms with Gasteiger partial charge in [0.2, 0.25) is 5.91 Å². The van der Waals surface area contributed by atoms with E-state index in [0.29, 0.717) is 12.3 Å². The van der Waals surface area contributed by atoms with Crippen LogP contribution in [0, 0.1) is 19.7 Å². The van der Waals surface area contributed by atoms with Crippen molar-refractivity contribution in [2.45, 2.75) is 27.3 Å². The number of nitrogens with zero attached hydrogens (tertiary/aromatic N) is 1. The van der Waals surface area contributed by atoms with E-state index in [1.165, 1.54) is 17.0 Å². The number of likely N-dealkylation sites (N-methyl/N-ethyl adjacent to an activating group) is 1. The topological polar surface area (TPSA) is 58.6 Å². The van der Waals surface area contributed by atoms with Crippen LogP contribution in [0.15, 0.2) is 42.5 Å². The van der Waals surface area contributed by atoms with Gasteiger partial charge < -0.3 is 15.0 Å². The molecule has 5 nitrogen and oxygen atoms in total. The molecule has 0 radical (unpaired) electrons. The number of rotatable bonds is 8. The molecule has 2 amide bonds. The molecule has 0 saturated carbocycles. The lowest BCUT2D eigenvalue weighted by atomic mass is 10.1. The lowest BCUT2D eigenvalue weighted by Gasteiger charge is -2.21. The van der Waals surface area contributed by atoms with E-state index in [2.05, 4.69) is 5.32 Å². The van der Waals surface area contributed by atoms with Gasteiger partial charge in [-0.15, -0.1) is 0 Å². The van der Waals surface area contributed by atoms with Crippen molar-refractivity contribution < 1.29 is 18.7 Å². The second-order valence-electron chi connectivity index (χ2n) is 6.37.